The first-order valence-corrected chi connectivity index (χ1v) is 6.39. The fourth-order valence-electron chi connectivity index (χ4n) is 2.10. The van der Waals surface area contributed by atoms with Gasteiger partial charge in [-0.3, -0.25) is 0 Å². The van der Waals surface area contributed by atoms with Gasteiger partial charge in [0.05, 0.1) is 0 Å². The Morgan fingerprint density at radius 2 is 2.24 bits per heavy atom. The van der Waals surface area contributed by atoms with E-state index in [-0.39, 0.29) is 11.6 Å². The van der Waals surface area contributed by atoms with E-state index in [0.29, 0.717) is 18.2 Å². The maximum absolute atomic E-state index is 13.0. The minimum atomic E-state index is -0.296. The van der Waals surface area contributed by atoms with Crippen LogP contribution in [0.5, 0.6) is 5.75 Å². The number of hydrogen-bond acceptors (Lipinski definition) is 2. The first-order chi connectivity index (χ1) is 8.19. The van der Waals surface area contributed by atoms with Gasteiger partial charge in [0.25, 0.3) is 0 Å². The van der Waals surface area contributed by atoms with E-state index in [1.54, 1.807) is 0 Å². The van der Waals surface area contributed by atoms with E-state index in [4.69, 9.17) is 0 Å². The lowest BCUT2D eigenvalue weighted by Gasteiger charge is -2.17. The number of halogens is 1. The number of phenolic OH excluding ortho intramolecular Hbond substituents is 1. The minimum absolute atomic E-state index is 0.167. The second-order valence-corrected chi connectivity index (χ2v) is 4.94. The van der Waals surface area contributed by atoms with Crippen molar-refractivity contribution in [3.63, 3.8) is 0 Å². The molecule has 1 atom stereocenters. The zero-order valence-electron chi connectivity index (χ0n) is 10.2. The van der Waals surface area contributed by atoms with E-state index >= 15 is 0 Å². The highest BCUT2D eigenvalue weighted by molar-refractivity contribution is 5.32. The number of aromatic hydroxyl groups is 1. The van der Waals surface area contributed by atoms with E-state index in [0.717, 1.165) is 12.3 Å². The topological polar surface area (TPSA) is 32.3 Å². The van der Waals surface area contributed by atoms with Gasteiger partial charge < -0.3 is 10.4 Å². The third-order valence-corrected chi connectivity index (χ3v) is 3.43. The molecule has 1 aliphatic carbocycles. The van der Waals surface area contributed by atoms with Crippen LogP contribution in [0.25, 0.3) is 0 Å². The van der Waals surface area contributed by atoms with Gasteiger partial charge in [0.1, 0.15) is 11.6 Å². The van der Waals surface area contributed by atoms with Crippen LogP contribution in [0.1, 0.15) is 38.2 Å². The SMILES string of the molecule is CCC(CC1CC1)NCc1cc(F)ccc1O. The second kappa shape index (κ2) is 5.50. The molecule has 1 saturated carbocycles. The van der Waals surface area contributed by atoms with E-state index in [1.807, 2.05) is 0 Å². The first-order valence-electron chi connectivity index (χ1n) is 6.39. The van der Waals surface area contributed by atoms with Gasteiger partial charge in [-0.15, -0.1) is 0 Å². The van der Waals surface area contributed by atoms with Crippen molar-refractivity contribution in [2.24, 2.45) is 5.92 Å². The van der Waals surface area contributed by atoms with Gasteiger partial charge in [-0.1, -0.05) is 19.8 Å². The van der Waals surface area contributed by atoms with E-state index in [2.05, 4.69) is 12.2 Å². The van der Waals surface area contributed by atoms with Crippen LogP contribution >= 0.6 is 0 Å². The molecule has 17 heavy (non-hydrogen) atoms. The van der Waals surface area contributed by atoms with Gasteiger partial charge in [-0.05, 0) is 37.0 Å². The maximum Gasteiger partial charge on any atom is 0.123 e. The standard InChI is InChI=1S/C14H20FNO/c1-2-13(7-10-3-4-10)16-9-11-8-12(15)5-6-14(11)17/h5-6,8,10,13,16-17H,2-4,7,9H2,1H3. The van der Waals surface area contributed by atoms with Crippen molar-refractivity contribution in [1.29, 1.82) is 0 Å². The maximum atomic E-state index is 13.0. The molecule has 1 unspecified atom stereocenters. The molecule has 2 nitrogen and oxygen atoms in total. The molecule has 1 aromatic carbocycles. The summed E-state index contributed by atoms with van der Waals surface area (Å²) in [5.41, 5.74) is 0.638. The monoisotopic (exact) mass is 237 g/mol. The third kappa shape index (κ3) is 3.70. The number of hydrogen-bond donors (Lipinski definition) is 2. The Balaban J connectivity index is 1.88. The van der Waals surface area contributed by atoms with E-state index < -0.39 is 0 Å². The molecule has 2 N–H and O–H groups in total. The smallest absolute Gasteiger partial charge is 0.123 e. The summed E-state index contributed by atoms with van der Waals surface area (Å²) >= 11 is 0. The molecule has 1 aliphatic rings. The molecule has 0 aromatic heterocycles. The highest BCUT2D eigenvalue weighted by Gasteiger charge is 2.24. The van der Waals surface area contributed by atoms with Crippen molar-refractivity contribution in [1.82, 2.24) is 5.32 Å². The van der Waals surface area contributed by atoms with Crippen LogP contribution < -0.4 is 5.32 Å². The van der Waals surface area contributed by atoms with Gasteiger partial charge in [-0.25, -0.2) is 4.39 Å². The molecule has 0 radical (unpaired) electrons. The zero-order valence-corrected chi connectivity index (χ0v) is 10.2. The van der Waals surface area contributed by atoms with Crippen LogP contribution in [0.2, 0.25) is 0 Å². The highest BCUT2D eigenvalue weighted by atomic mass is 19.1. The molecule has 0 spiro atoms. The fraction of sp³-hybridized carbons (Fsp3) is 0.571. The van der Waals surface area contributed by atoms with Crippen molar-refractivity contribution in [2.45, 2.75) is 45.2 Å². The molecule has 2 rings (SSSR count). The number of benzene rings is 1. The number of nitrogens with one attached hydrogen (secondary N) is 1. The number of rotatable bonds is 6. The van der Waals surface area contributed by atoms with Crippen molar-refractivity contribution in [3.05, 3.63) is 29.6 Å². The summed E-state index contributed by atoms with van der Waals surface area (Å²) in [5, 5.41) is 13.0. The molecule has 1 fully saturated rings. The van der Waals surface area contributed by atoms with Crippen molar-refractivity contribution < 1.29 is 9.50 Å². The van der Waals surface area contributed by atoms with Crippen LogP contribution in [0, 0.1) is 11.7 Å². The summed E-state index contributed by atoms with van der Waals surface area (Å²) in [6.07, 6.45) is 4.98. The van der Waals surface area contributed by atoms with Gasteiger partial charge in [0, 0.05) is 18.2 Å². The van der Waals surface area contributed by atoms with Crippen molar-refractivity contribution in [2.75, 3.05) is 0 Å². The summed E-state index contributed by atoms with van der Waals surface area (Å²) in [7, 11) is 0. The molecule has 94 valence electrons. The Hall–Kier alpha value is -1.09. The zero-order chi connectivity index (χ0) is 12.3. The van der Waals surface area contributed by atoms with Crippen LogP contribution in [0.4, 0.5) is 4.39 Å². The lowest BCUT2D eigenvalue weighted by atomic mass is 10.1. The lowest BCUT2D eigenvalue weighted by molar-refractivity contribution is 0.427. The van der Waals surface area contributed by atoms with E-state index in [9.17, 15) is 9.50 Å². The Bertz CT molecular complexity index is 376. The Morgan fingerprint density at radius 1 is 1.47 bits per heavy atom. The van der Waals surface area contributed by atoms with Gasteiger partial charge >= 0.3 is 0 Å². The highest BCUT2D eigenvalue weighted by Crippen LogP contribution is 2.34. The van der Waals surface area contributed by atoms with Crippen LogP contribution in [-0.4, -0.2) is 11.1 Å². The quantitative estimate of drug-likeness (QED) is 0.796. The van der Waals surface area contributed by atoms with Crippen LogP contribution in [-0.2, 0) is 6.54 Å². The van der Waals surface area contributed by atoms with Gasteiger partial charge in [0.15, 0.2) is 0 Å². The molecule has 3 heteroatoms. The molecule has 0 heterocycles. The molecule has 0 bridgehead atoms. The largest absolute Gasteiger partial charge is 0.508 e. The predicted octanol–water partition coefficient (Wildman–Crippen LogP) is 3.20. The lowest BCUT2D eigenvalue weighted by Crippen LogP contribution is -2.28. The summed E-state index contributed by atoms with van der Waals surface area (Å²) in [6, 6.07) is 4.56. The average Bonchev–Trinajstić information content (AvgIpc) is 3.12. The van der Waals surface area contributed by atoms with Gasteiger partial charge in [0.2, 0.25) is 0 Å². The van der Waals surface area contributed by atoms with Crippen molar-refractivity contribution >= 4 is 0 Å². The summed E-state index contributed by atoms with van der Waals surface area (Å²) in [6.45, 7) is 2.69. The fourth-order valence-corrected chi connectivity index (χ4v) is 2.10. The molecule has 0 amide bonds. The van der Waals surface area contributed by atoms with Crippen molar-refractivity contribution in [3.8, 4) is 5.75 Å². The molecular weight excluding hydrogens is 217 g/mol. The third-order valence-electron chi connectivity index (χ3n) is 3.43. The minimum Gasteiger partial charge on any atom is -0.508 e. The Morgan fingerprint density at radius 3 is 2.88 bits per heavy atom. The first kappa shape index (κ1) is 12.4. The summed E-state index contributed by atoms with van der Waals surface area (Å²) in [4.78, 5) is 0. The molecule has 0 saturated heterocycles. The normalized spacial score (nSPS) is 17.1. The number of phenols is 1. The molecule has 0 aliphatic heterocycles. The van der Waals surface area contributed by atoms with Crippen LogP contribution in [0.15, 0.2) is 18.2 Å². The molecule has 1 aromatic rings. The Kier molecular flexibility index (Phi) is 4.00. The average molecular weight is 237 g/mol. The van der Waals surface area contributed by atoms with Gasteiger partial charge in [-0.2, -0.15) is 0 Å². The van der Waals surface area contributed by atoms with E-state index in [1.165, 1.54) is 37.5 Å². The predicted molar refractivity (Wildman–Crippen MR) is 66.3 cm³/mol. The summed E-state index contributed by atoms with van der Waals surface area (Å²) < 4.78 is 13.0. The Labute approximate surface area is 102 Å². The second-order valence-electron chi connectivity index (χ2n) is 4.94. The van der Waals surface area contributed by atoms with Crippen LogP contribution in [0.3, 0.4) is 0 Å². The summed E-state index contributed by atoms with van der Waals surface area (Å²) in [5.74, 6) is 0.753. The molecular formula is C14H20FNO.